The highest BCUT2D eigenvalue weighted by atomic mass is 35.5. The molecule has 6 heteroatoms. The van der Waals surface area contributed by atoms with Crippen molar-refractivity contribution in [1.82, 2.24) is 4.98 Å². The average molecular weight is 311 g/mol. The van der Waals surface area contributed by atoms with Crippen molar-refractivity contribution in [3.8, 4) is 0 Å². The molecule has 0 bridgehead atoms. The summed E-state index contributed by atoms with van der Waals surface area (Å²) in [5, 5.41) is 12.9. The number of nitrogens with zero attached hydrogens (tertiary/aromatic N) is 2. The van der Waals surface area contributed by atoms with Crippen LogP contribution in [0.2, 0.25) is 0 Å². The highest BCUT2D eigenvalue weighted by Crippen LogP contribution is 2.36. The number of aromatic nitrogens is 1. The highest BCUT2D eigenvalue weighted by molar-refractivity contribution is 8.00. The number of rotatable bonds is 5. The molecule has 1 aromatic heterocycles. The van der Waals surface area contributed by atoms with Crippen molar-refractivity contribution in [2.24, 2.45) is 0 Å². The first-order valence-electron chi connectivity index (χ1n) is 6.29. The fourth-order valence-corrected chi connectivity index (χ4v) is 3.56. The molecule has 0 amide bonds. The molecule has 0 saturated heterocycles. The van der Waals surface area contributed by atoms with Crippen molar-refractivity contribution in [2.75, 3.05) is 5.88 Å². The van der Waals surface area contributed by atoms with Crippen LogP contribution in [0.3, 0.4) is 0 Å². The summed E-state index contributed by atoms with van der Waals surface area (Å²) in [4.78, 5) is 15.9. The molecule has 2 rings (SSSR count). The van der Waals surface area contributed by atoms with Crippen LogP contribution < -0.4 is 0 Å². The van der Waals surface area contributed by atoms with E-state index in [1.165, 1.54) is 0 Å². The minimum absolute atomic E-state index is 0.0989. The second-order valence-electron chi connectivity index (χ2n) is 4.62. The standard InChI is InChI=1S/C14H15ClN2O2S/c1-9-7-11-12(8-16-9)13(17(18)19)3-4-14(11)20-10(2)5-6-15/h3-4,7-8,10H,5-6H2,1-2H3. The largest absolute Gasteiger partial charge is 0.278 e. The number of benzene rings is 1. The van der Waals surface area contributed by atoms with Crippen LogP contribution >= 0.6 is 23.4 Å². The lowest BCUT2D eigenvalue weighted by Gasteiger charge is -2.12. The Morgan fingerprint density at radius 1 is 1.45 bits per heavy atom. The van der Waals surface area contributed by atoms with E-state index in [4.69, 9.17) is 11.6 Å². The molecule has 0 radical (unpaired) electrons. The lowest BCUT2D eigenvalue weighted by molar-refractivity contribution is -0.383. The van der Waals surface area contributed by atoms with E-state index in [0.29, 0.717) is 16.5 Å². The number of nitro benzene ring substituents is 1. The molecule has 0 fully saturated rings. The minimum Gasteiger partial charge on any atom is -0.261 e. The fraction of sp³-hybridized carbons (Fsp3) is 0.357. The SMILES string of the molecule is Cc1cc2c(SC(C)CCCl)ccc([N+](=O)[O-])c2cn1. The zero-order chi connectivity index (χ0) is 14.7. The van der Waals surface area contributed by atoms with E-state index < -0.39 is 0 Å². The Bertz CT molecular complexity index is 648. The van der Waals surface area contributed by atoms with E-state index >= 15 is 0 Å². The van der Waals surface area contributed by atoms with E-state index in [1.54, 1.807) is 24.0 Å². The molecule has 1 atom stereocenters. The summed E-state index contributed by atoms with van der Waals surface area (Å²) in [6.45, 7) is 3.99. The molecular formula is C14H15ClN2O2S. The number of pyridine rings is 1. The Kier molecular flexibility index (Phi) is 4.83. The molecule has 0 aliphatic heterocycles. The van der Waals surface area contributed by atoms with Gasteiger partial charge in [-0.3, -0.25) is 15.1 Å². The third kappa shape index (κ3) is 3.22. The Morgan fingerprint density at radius 2 is 2.20 bits per heavy atom. The van der Waals surface area contributed by atoms with Crippen LogP contribution in [-0.4, -0.2) is 21.0 Å². The number of aryl methyl sites for hydroxylation is 1. The number of hydrogen-bond donors (Lipinski definition) is 0. The van der Waals surface area contributed by atoms with Crippen LogP contribution in [0.5, 0.6) is 0 Å². The van der Waals surface area contributed by atoms with Gasteiger partial charge in [-0.1, -0.05) is 6.92 Å². The lowest BCUT2D eigenvalue weighted by Crippen LogP contribution is -1.98. The summed E-state index contributed by atoms with van der Waals surface area (Å²) >= 11 is 7.45. The van der Waals surface area contributed by atoms with E-state index in [-0.39, 0.29) is 10.6 Å². The Labute approximate surface area is 126 Å². The summed E-state index contributed by atoms with van der Waals surface area (Å²) in [5.41, 5.74) is 0.951. The van der Waals surface area contributed by atoms with Crippen molar-refractivity contribution >= 4 is 39.8 Å². The summed E-state index contributed by atoms with van der Waals surface area (Å²) < 4.78 is 0. The molecule has 1 heterocycles. The molecular weight excluding hydrogens is 296 g/mol. The predicted molar refractivity (Wildman–Crippen MR) is 83.8 cm³/mol. The number of thioether (sulfide) groups is 1. The fourth-order valence-electron chi connectivity index (χ4n) is 1.99. The van der Waals surface area contributed by atoms with Crippen molar-refractivity contribution in [1.29, 1.82) is 0 Å². The second kappa shape index (κ2) is 6.41. The van der Waals surface area contributed by atoms with E-state index in [0.717, 1.165) is 22.4 Å². The monoisotopic (exact) mass is 310 g/mol. The summed E-state index contributed by atoms with van der Waals surface area (Å²) in [6, 6.07) is 5.27. The molecule has 0 aliphatic rings. The predicted octanol–water partition coefficient (Wildman–Crippen LogP) is 4.56. The number of fused-ring (bicyclic) bond motifs is 1. The molecule has 0 N–H and O–H groups in total. The smallest absolute Gasteiger partial charge is 0.261 e. The number of nitro groups is 1. The third-order valence-corrected chi connectivity index (χ3v) is 4.48. The summed E-state index contributed by atoms with van der Waals surface area (Å²) in [5.74, 6) is 0.611. The molecule has 0 saturated carbocycles. The molecule has 106 valence electrons. The maximum Gasteiger partial charge on any atom is 0.278 e. The Balaban J connectivity index is 2.53. The van der Waals surface area contributed by atoms with Crippen LogP contribution in [0.25, 0.3) is 10.8 Å². The van der Waals surface area contributed by atoms with Gasteiger partial charge < -0.3 is 0 Å². The first-order chi connectivity index (χ1) is 9.52. The van der Waals surface area contributed by atoms with Crippen LogP contribution in [0.4, 0.5) is 5.69 Å². The van der Waals surface area contributed by atoms with Gasteiger partial charge in [-0.05, 0) is 25.5 Å². The van der Waals surface area contributed by atoms with Gasteiger partial charge >= 0.3 is 0 Å². The molecule has 0 aliphatic carbocycles. The van der Waals surface area contributed by atoms with Crippen molar-refractivity contribution in [3.05, 3.63) is 40.2 Å². The van der Waals surface area contributed by atoms with Crippen LogP contribution in [-0.2, 0) is 0 Å². The zero-order valence-corrected chi connectivity index (χ0v) is 12.9. The first-order valence-corrected chi connectivity index (χ1v) is 7.70. The van der Waals surface area contributed by atoms with E-state index in [1.807, 2.05) is 19.1 Å². The molecule has 20 heavy (non-hydrogen) atoms. The third-order valence-electron chi connectivity index (χ3n) is 3.02. The molecule has 1 unspecified atom stereocenters. The number of non-ortho nitro benzene ring substituents is 1. The van der Waals surface area contributed by atoms with Gasteiger partial charge in [-0.25, -0.2) is 0 Å². The van der Waals surface area contributed by atoms with Gasteiger partial charge in [0.15, 0.2) is 0 Å². The van der Waals surface area contributed by atoms with Crippen LogP contribution in [0.15, 0.2) is 29.3 Å². The molecule has 1 aromatic carbocycles. The van der Waals surface area contributed by atoms with Crippen molar-refractivity contribution in [3.63, 3.8) is 0 Å². The maximum atomic E-state index is 11.1. The van der Waals surface area contributed by atoms with Gasteiger partial charge in [0.1, 0.15) is 0 Å². The van der Waals surface area contributed by atoms with Crippen LogP contribution in [0.1, 0.15) is 19.0 Å². The van der Waals surface area contributed by atoms with Crippen LogP contribution in [0, 0.1) is 17.0 Å². The van der Waals surface area contributed by atoms with E-state index in [9.17, 15) is 10.1 Å². The molecule has 4 nitrogen and oxygen atoms in total. The number of halogens is 1. The van der Waals surface area contributed by atoms with Gasteiger partial charge in [-0.15, -0.1) is 23.4 Å². The average Bonchev–Trinajstić information content (AvgIpc) is 2.39. The lowest BCUT2D eigenvalue weighted by atomic mass is 10.1. The van der Waals surface area contributed by atoms with Gasteiger partial charge in [-0.2, -0.15) is 0 Å². The minimum atomic E-state index is -0.365. The number of alkyl halides is 1. The summed E-state index contributed by atoms with van der Waals surface area (Å²) in [6.07, 6.45) is 2.48. The quantitative estimate of drug-likeness (QED) is 0.351. The van der Waals surface area contributed by atoms with Crippen molar-refractivity contribution in [2.45, 2.75) is 30.4 Å². The van der Waals surface area contributed by atoms with Crippen molar-refractivity contribution < 1.29 is 4.92 Å². The molecule has 0 spiro atoms. The maximum absolute atomic E-state index is 11.1. The van der Waals surface area contributed by atoms with E-state index in [2.05, 4.69) is 11.9 Å². The topological polar surface area (TPSA) is 56.0 Å². The number of hydrogen-bond acceptors (Lipinski definition) is 4. The first kappa shape index (κ1) is 15.1. The van der Waals surface area contributed by atoms with Gasteiger partial charge in [0, 0.05) is 39.4 Å². The second-order valence-corrected chi connectivity index (χ2v) is 6.48. The Hall–Kier alpha value is -1.33. The normalized spacial score (nSPS) is 12.6. The summed E-state index contributed by atoms with van der Waals surface area (Å²) in [7, 11) is 0. The molecule has 2 aromatic rings. The van der Waals surface area contributed by atoms with Gasteiger partial charge in [0.25, 0.3) is 5.69 Å². The Morgan fingerprint density at radius 3 is 2.85 bits per heavy atom. The highest BCUT2D eigenvalue weighted by Gasteiger charge is 2.16. The van der Waals surface area contributed by atoms with Gasteiger partial charge in [0.05, 0.1) is 10.3 Å². The van der Waals surface area contributed by atoms with Gasteiger partial charge in [0.2, 0.25) is 0 Å². The zero-order valence-electron chi connectivity index (χ0n) is 11.3.